The average molecular weight is 607 g/mol. The van der Waals surface area contributed by atoms with Gasteiger partial charge in [0, 0.05) is 33.3 Å². The van der Waals surface area contributed by atoms with E-state index in [1.807, 2.05) is 49.5 Å². The van der Waals surface area contributed by atoms with Crippen molar-refractivity contribution in [2.75, 3.05) is 46.6 Å². The molecule has 0 bridgehead atoms. The number of fused-ring (bicyclic) bond motifs is 1. The zero-order chi connectivity index (χ0) is 30.2. The summed E-state index contributed by atoms with van der Waals surface area (Å²) in [5, 5.41) is 3.47. The number of nitrogens with one attached hydrogen (secondary N) is 1. The van der Waals surface area contributed by atoms with Crippen LogP contribution in [0.15, 0.2) is 64.2 Å². The van der Waals surface area contributed by atoms with Crippen LogP contribution < -0.4 is 29.2 Å². The number of methoxy groups -OCH3 is 3. The molecule has 226 valence electrons. The summed E-state index contributed by atoms with van der Waals surface area (Å²) in [6.45, 7) is 1.63. The van der Waals surface area contributed by atoms with Crippen LogP contribution in [0.1, 0.15) is 33.1 Å². The molecule has 43 heavy (non-hydrogen) atoms. The second-order valence-corrected chi connectivity index (χ2v) is 10.7. The first kappa shape index (κ1) is 30.1. The summed E-state index contributed by atoms with van der Waals surface area (Å²) in [4.78, 5) is 24.2. The van der Waals surface area contributed by atoms with Gasteiger partial charge in [0.2, 0.25) is 6.79 Å². The van der Waals surface area contributed by atoms with Gasteiger partial charge in [-0.1, -0.05) is 23.9 Å². The van der Waals surface area contributed by atoms with Crippen LogP contribution in [-0.2, 0) is 30.1 Å². The summed E-state index contributed by atoms with van der Waals surface area (Å²) in [6.07, 6.45) is 0.787. The molecule has 1 amide bonds. The van der Waals surface area contributed by atoms with Crippen molar-refractivity contribution < 1.29 is 32.9 Å². The number of ether oxygens (including phenoxy) is 5. The number of nitrogens with zero attached hydrogens (tertiary/aromatic N) is 3. The fourth-order valence-corrected chi connectivity index (χ4v) is 5.19. The van der Waals surface area contributed by atoms with Gasteiger partial charge in [0.15, 0.2) is 33.9 Å². The van der Waals surface area contributed by atoms with Crippen LogP contribution in [-0.4, -0.2) is 57.6 Å². The minimum Gasteiger partial charge on any atom is -0.493 e. The van der Waals surface area contributed by atoms with Crippen molar-refractivity contribution in [2.24, 2.45) is 0 Å². The van der Waals surface area contributed by atoms with Crippen molar-refractivity contribution in [3.63, 3.8) is 0 Å². The molecule has 0 saturated carbocycles. The van der Waals surface area contributed by atoms with Gasteiger partial charge in [0.05, 0.1) is 32.3 Å². The van der Waals surface area contributed by atoms with E-state index in [4.69, 9.17) is 33.1 Å². The van der Waals surface area contributed by atoms with Gasteiger partial charge in [-0.3, -0.25) is 4.79 Å². The molecular formula is C31H34N4O7S. The van der Waals surface area contributed by atoms with E-state index in [1.54, 1.807) is 33.5 Å². The van der Waals surface area contributed by atoms with E-state index in [0.29, 0.717) is 52.8 Å². The topological polar surface area (TPSA) is 117 Å². The van der Waals surface area contributed by atoms with Gasteiger partial charge in [-0.15, -0.1) is 0 Å². The molecule has 0 saturated heterocycles. The molecule has 0 aliphatic carbocycles. The fourth-order valence-electron chi connectivity index (χ4n) is 4.42. The Morgan fingerprint density at radius 1 is 0.953 bits per heavy atom. The van der Waals surface area contributed by atoms with E-state index >= 15 is 0 Å². The van der Waals surface area contributed by atoms with Crippen LogP contribution in [0.5, 0.6) is 23.0 Å². The van der Waals surface area contributed by atoms with Crippen molar-refractivity contribution in [1.29, 1.82) is 0 Å². The van der Waals surface area contributed by atoms with E-state index in [1.165, 1.54) is 11.8 Å². The number of likely N-dealkylation sites (N-methyl/N-ethyl adjacent to an activating group) is 1. The summed E-state index contributed by atoms with van der Waals surface area (Å²) in [7, 11) is 6.89. The van der Waals surface area contributed by atoms with Gasteiger partial charge in [-0.05, 0) is 53.9 Å². The van der Waals surface area contributed by atoms with E-state index < -0.39 is 0 Å². The Kier molecular flexibility index (Phi) is 9.90. The van der Waals surface area contributed by atoms with Gasteiger partial charge in [0.25, 0.3) is 5.91 Å². The third-order valence-corrected chi connectivity index (χ3v) is 7.60. The number of carbonyl (C=O) groups is 1. The number of furan rings is 1. The minimum absolute atomic E-state index is 0.207. The highest BCUT2D eigenvalue weighted by molar-refractivity contribution is 7.98. The molecule has 2 aromatic carbocycles. The summed E-state index contributed by atoms with van der Waals surface area (Å²) < 4.78 is 32.7. The molecule has 4 aromatic rings. The van der Waals surface area contributed by atoms with Crippen LogP contribution in [0.2, 0.25) is 0 Å². The molecule has 1 aliphatic rings. The van der Waals surface area contributed by atoms with Crippen LogP contribution in [0.25, 0.3) is 0 Å². The standard InChI is InChI=1S/C31H34N4O7S/c1-35(12-11-20-5-8-24(38-3)27(13-20)39-4)29-15-22(17-37-2)33-31(34-29)43-18-23-7-10-26(42-23)30(36)32-16-21-6-9-25-28(14-21)41-19-40-25/h5-10,13-15H,11-12,16-19H2,1-4H3,(H,32,36). The highest BCUT2D eigenvalue weighted by atomic mass is 32.2. The first-order valence-electron chi connectivity index (χ1n) is 13.6. The molecule has 5 rings (SSSR count). The second kappa shape index (κ2) is 14.2. The quantitative estimate of drug-likeness (QED) is 0.157. The Morgan fingerprint density at radius 2 is 1.77 bits per heavy atom. The largest absolute Gasteiger partial charge is 0.493 e. The van der Waals surface area contributed by atoms with E-state index in [9.17, 15) is 4.79 Å². The normalized spacial score (nSPS) is 11.8. The molecular weight excluding hydrogens is 572 g/mol. The lowest BCUT2D eigenvalue weighted by molar-refractivity contribution is 0.0921. The molecule has 0 radical (unpaired) electrons. The number of benzene rings is 2. The Hall–Kier alpha value is -4.42. The van der Waals surface area contributed by atoms with Gasteiger partial charge in [-0.2, -0.15) is 0 Å². The molecule has 11 nitrogen and oxygen atoms in total. The second-order valence-electron chi connectivity index (χ2n) is 9.72. The van der Waals surface area contributed by atoms with E-state index in [0.717, 1.165) is 35.6 Å². The third-order valence-electron chi connectivity index (χ3n) is 6.73. The molecule has 3 heterocycles. The van der Waals surface area contributed by atoms with Crippen LogP contribution in [0, 0.1) is 0 Å². The number of amides is 1. The molecule has 2 aromatic heterocycles. The summed E-state index contributed by atoms with van der Waals surface area (Å²) in [6, 6.07) is 16.9. The Bertz CT molecular complexity index is 1560. The van der Waals surface area contributed by atoms with Crippen molar-refractivity contribution in [2.45, 2.75) is 30.5 Å². The number of carbonyl (C=O) groups excluding carboxylic acids is 1. The number of thioether (sulfide) groups is 1. The Labute approximate surface area is 254 Å². The minimum atomic E-state index is -0.300. The number of hydrogen-bond donors (Lipinski definition) is 1. The number of anilines is 1. The third kappa shape index (κ3) is 7.70. The van der Waals surface area contributed by atoms with E-state index in [-0.39, 0.29) is 18.5 Å². The highest BCUT2D eigenvalue weighted by Gasteiger charge is 2.16. The van der Waals surface area contributed by atoms with Crippen LogP contribution in [0.3, 0.4) is 0 Å². The smallest absolute Gasteiger partial charge is 0.287 e. The Morgan fingerprint density at radius 3 is 2.58 bits per heavy atom. The first-order chi connectivity index (χ1) is 20.9. The predicted molar refractivity (Wildman–Crippen MR) is 161 cm³/mol. The van der Waals surface area contributed by atoms with Crippen molar-refractivity contribution in [3.05, 3.63) is 82.9 Å². The van der Waals surface area contributed by atoms with Gasteiger partial charge in [-0.25, -0.2) is 9.97 Å². The molecule has 1 aliphatic heterocycles. The maximum absolute atomic E-state index is 12.7. The molecule has 1 N–H and O–H groups in total. The lowest BCUT2D eigenvalue weighted by atomic mass is 10.1. The Balaban J connectivity index is 1.18. The lowest BCUT2D eigenvalue weighted by Gasteiger charge is -2.20. The summed E-state index contributed by atoms with van der Waals surface area (Å²) in [5.74, 6) is 4.60. The lowest BCUT2D eigenvalue weighted by Crippen LogP contribution is -2.22. The van der Waals surface area contributed by atoms with Crippen molar-refractivity contribution in [3.8, 4) is 23.0 Å². The zero-order valence-corrected chi connectivity index (χ0v) is 25.4. The monoisotopic (exact) mass is 606 g/mol. The maximum Gasteiger partial charge on any atom is 0.287 e. The number of rotatable bonds is 14. The highest BCUT2D eigenvalue weighted by Crippen LogP contribution is 2.32. The first-order valence-corrected chi connectivity index (χ1v) is 14.6. The summed E-state index contributed by atoms with van der Waals surface area (Å²) in [5.41, 5.74) is 2.80. The van der Waals surface area contributed by atoms with Gasteiger partial charge < -0.3 is 38.3 Å². The van der Waals surface area contributed by atoms with E-state index in [2.05, 4.69) is 15.2 Å². The SMILES string of the molecule is COCc1cc(N(C)CCc2ccc(OC)c(OC)c2)nc(SCc2ccc(C(=O)NCc3ccc4c(c3)OCO4)o2)n1. The molecule has 0 spiro atoms. The van der Waals surface area contributed by atoms with Gasteiger partial charge >= 0.3 is 0 Å². The average Bonchev–Trinajstić information content (AvgIpc) is 3.71. The number of hydrogen-bond acceptors (Lipinski definition) is 11. The van der Waals surface area contributed by atoms with Crippen molar-refractivity contribution in [1.82, 2.24) is 15.3 Å². The maximum atomic E-state index is 12.7. The van der Waals surface area contributed by atoms with Crippen LogP contribution in [0.4, 0.5) is 5.82 Å². The van der Waals surface area contributed by atoms with Crippen LogP contribution >= 0.6 is 11.8 Å². The molecule has 0 unspecified atom stereocenters. The molecule has 12 heteroatoms. The fraction of sp³-hybridized carbons (Fsp3) is 0.323. The van der Waals surface area contributed by atoms with Gasteiger partial charge in [0.1, 0.15) is 11.6 Å². The summed E-state index contributed by atoms with van der Waals surface area (Å²) >= 11 is 1.43. The van der Waals surface area contributed by atoms with Crippen molar-refractivity contribution >= 4 is 23.5 Å². The predicted octanol–water partition coefficient (Wildman–Crippen LogP) is 4.86. The number of aromatic nitrogens is 2. The molecule has 0 atom stereocenters. The zero-order valence-electron chi connectivity index (χ0n) is 24.5. The molecule has 0 fully saturated rings.